The smallest absolute Gasteiger partial charge is 0.273 e. The van der Waals surface area contributed by atoms with Crippen molar-refractivity contribution in [2.45, 2.75) is 51.9 Å². The van der Waals surface area contributed by atoms with Gasteiger partial charge in [-0.05, 0) is 36.6 Å². The van der Waals surface area contributed by atoms with Gasteiger partial charge in [0.15, 0.2) is 5.76 Å². The zero-order valence-electron chi connectivity index (χ0n) is 14.1. The van der Waals surface area contributed by atoms with Crippen molar-refractivity contribution in [2.75, 3.05) is 7.11 Å². The monoisotopic (exact) mass is 311 g/mol. The number of rotatable bonds is 8. The molecule has 0 atom stereocenters. The molecule has 23 heavy (non-hydrogen) atoms. The van der Waals surface area contributed by atoms with Crippen LogP contribution in [0.5, 0.6) is 5.75 Å². The predicted octanol–water partition coefficient (Wildman–Crippen LogP) is 5.45. The van der Waals surface area contributed by atoms with Gasteiger partial charge in [0.2, 0.25) is 0 Å². The third-order valence-corrected chi connectivity index (χ3v) is 3.73. The summed E-state index contributed by atoms with van der Waals surface area (Å²) in [7, 11) is 1.65. The van der Waals surface area contributed by atoms with E-state index in [1.54, 1.807) is 13.3 Å². The Morgan fingerprint density at radius 3 is 2.52 bits per heavy atom. The summed E-state index contributed by atoms with van der Waals surface area (Å²) in [5, 5.41) is 0. The Morgan fingerprint density at radius 1 is 1.04 bits per heavy atom. The largest absolute Gasteiger partial charge is 0.497 e. The lowest BCUT2D eigenvalue weighted by atomic mass is 10.1. The predicted molar refractivity (Wildman–Crippen MR) is 93.4 cm³/mol. The zero-order chi connectivity index (χ0) is 16.3. The molecule has 2 rings (SSSR count). The maximum absolute atomic E-state index is 5.68. The van der Waals surface area contributed by atoms with Gasteiger partial charge in [0.05, 0.1) is 13.3 Å². The van der Waals surface area contributed by atoms with Gasteiger partial charge in [0.1, 0.15) is 5.75 Å². The van der Waals surface area contributed by atoms with Crippen molar-refractivity contribution in [2.24, 2.45) is 0 Å². The summed E-state index contributed by atoms with van der Waals surface area (Å²) in [6.07, 6.45) is 10.3. The van der Waals surface area contributed by atoms with Crippen LogP contribution in [0.15, 0.2) is 34.9 Å². The maximum atomic E-state index is 5.68. The number of ether oxygens (including phenoxy) is 1. The van der Waals surface area contributed by atoms with Gasteiger partial charge in [-0.25, -0.2) is 4.98 Å². The molecule has 0 fully saturated rings. The molecular weight excluding hydrogens is 286 g/mol. The number of hydrogen-bond acceptors (Lipinski definition) is 3. The fourth-order valence-corrected chi connectivity index (χ4v) is 2.35. The number of benzene rings is 1. The van der Waals surface area contributed by atoms with E-state index in [0.717, 1.165) is 29.9 Å². The van der Waals surface area contributed by atoms with Gasteiger partial charge in [0.25, 0.3) is 5.89 Å². The lowest BCUT2D eigenvalue weighted by Gasteiger charge is -1.99. The molecule has 0 N–H and O–H groups in total. The van der Waals surface area contributed by atoms with Crippen molar-refractivity contribution in [3.8, 4) is 28.9 Å². The van der Waals surface area contributed by atoms with E-state index in [-0.39, 0.29) is 0 Å². The van der Waals surface area contributed by atoms with Crippen LogP contribution < -0.4 is 4.74 Å². The van der Waals surface area contributed by atoms with E-state index in [1.807, 2.05) is 24.3 Å². The van der Waals surface area contributed by atoms with Crippen molar-refractivity contribution in [3.05, 3.63) is 36.4 Å². The maximum Gasteiger partial charge on any atom is 0.273 e. The minimum Gasteiger partial charge on any atom is -0.497 e. The van der Waals surface area contributed by atoms with Crippen LogP contribution >= 0.6 is 0 Å². The van der Waals surface area contributed by atoms with Gasteiger partial charge in [-0.15, -0.1) is 0 Å². The lowest BCUT2D eigenvalue weighted by Crippen LogP contribution is -1.81. The summed E-state index contributed by atoms with van der Waals surface area (Å²) in [4.78, 5) is 4.22. The van der Waals surface area contributed by atoms with Gasteiger partial charge < -0.3 is 9.15 Å². The van der Waals surface area contributed by atoms with E-state index < -0.39 is 0 Å². The minimum atomic E-state index is 0.488. The summed E-state index contributed by atoms with van der Waals surface area (Å²) in [6, 6.07) is 7.71. The molecule has 1 heterocycles. The first kappa shape index (κ1) is 17.1. The van der Waals surface area contributed by atoms with Crippen LogP contribution in [0.1, 0.15) is 57.8 Å². The van der Waals surface area contributed by atoms with Crippen molar-refractivity contribution < 1.29 is 9.15 Å². The van der Waals surface area contributed by atoms with Gasteiger partial charge >= 0.3 is 0 Å². The first-order valence-corrected chi connectivity index (χ1v) is 8.42. The molecule has 1 aromatic carbocycles. The van der Waals surface area contributed by atoms with E-state index in [1.165, 1.54) is 32.1 Å². The topological polar surface area (TPSA) is 35.3 Å². The van der Waals surface area contributed by atoms with Crippen LogP contribution in [0.2, 0.25) is 0 Å². The Balaban J connectivity index is 1.79. The van der Waals surface area contributed by atoms with Crippen molar-refractivity contribution >= 4 is 0 Å². The van der Waals surface area contributed by atoms with Crippen LogP contribution in [0.3, 0.4) is 0 Å². The standard InChI is InChI=1S/C20H25NO2/c1-3-4-5-6-7-8-9-10-11-20-21-16-19(23-20)17-12-14-18(22-2)15-13-17/h12-16H,3-9H2,1-2H3. The number of unbranched alkanes of at least 4 members (excludes halogenated alkanes) is 6. The number of aromatic nitrogens is 1. The van der Waals surface area contributed by atoms with E-state index in [2.05, 4.69) is 23.7 Å². The Hall–Kier alpha value is -2.21. The molecular formula is C20H25NO2. The molecule has 0 radical (unpaired) electrons. The Kier molecular flexibility index (Phi) is 7.26. The first-order valence-electron chi connectivity index (χ1n) is 8.42. The summed E-state index contributed by atoms with van der Waals surface area (Å²) >= 11 is 0. The summed E-state index contributed by atoms with van der Waals surface area (Å²) in [5.41, 5.74) is 0.974. The van der Waals surface area contributed by atoms with Gasteiger partial charge in [-0.3, -0.25) is 0 Å². The van der Waals surface area contributed by atoms with Crippen LogP contribution in [0.4, 0.5) is 0 Å². The molecule has 0 aliphatic heterocycles. The van der Waals surface area contributed by atoms with Crippen LogP contribution in [0.25, 0.3) is 11.3 Å². The van der Waals surface area contributed by atoms with Gasteiger partial charge in [-0.2, -0.15) is 0 Å². The summed E-state index contributed by atoms with van der Waals surface area (Å²) in [5.74, 6) is 8.20. The van der Waals surface area contributed by atoms with Crippen LogP contribution in [-0.2, 0) is 0 Å². The number of methoxy groups -OCH3 is 1. The number of oxazole rings is 1. The highest BCUT2D eigenvalue weighted by Crippen LogP contribution is 2.22. The molecule has 122 valence electrons. The van der Waals surface area contributed by atoms with E-state index >= 15 is 0 Å². The Labute approximate surface area is 139 Å². The third kappa shape index (κ3) is 5.83. The molecule has 0 saturated carbocycles. The van der Waals surface area contributed by atoms with Crippen molar-refractivity contribution in [3.63, 3.8) is 0 Å². The highest BCUT2D eigenvalue weighted by Gasteiger charge is 2.04. The number of nitrogens with zero attached hydrogens (tertiary/aromatic N) is 1. The summed E-state index contributed by atoms with van der Waals surface area (Å²) in [6.45, 7) is 2.24. The van der Waals surface area contributed by atoms with Crippen molar-refractivity contribution in [1.82, 2.24) is 4.98 Å². The van der Waals surface area contributed by atoms with Crippen LogP contribution in [0, 0.1) is 11.8 Å². The minimum absolute atomic E-state index is 0.488. The Morgan fingerprint density at radius 2 is 1.78 bits per heavy atom. The second-order valence-corrected chi connectivity index (χ2v) is 5.58. The fraction of sp³-hybridized carbons (Fsp3) is 0.450. The fourth-order valence-electron chi connectivity index (χ4n) is 2.35. The molecule has 0 unspecified atom stereocenters. The second-order valence-electron chi connectivity index (χ2n) is 5.58. The zero-order valence-corrected chi connectivity index (χ0v) is 14.1. The SMILES string of the molecule is CCCCCCCCC#Cc1ncc(-c2ccc(OC)cc2)o1. The van der Waals surface area contributed by atoms with Crippen molar-refractivity contribution in [1.29, 1.82) is 0 Å². The second kappa shape index (κ2) is 9.74. The molecule has 0 amide bonds. The first-order chi connectivity index (χ1) is 11.3. The molecule has 0 aliphatic rings. The normalized spacial score (nSPS) is 10.2. The molecule has 1 aromatic heterocycles. The van der Waals surface area contributed by atoms with Gasteiger partial charge in [0, 0.05) is 12.0 Å². The van der Waals surface area contributed by atoms with E-state index in [9.17, 15) is 0 Å². The van der Waals surface area contributed by atoms with Gasteiger partial charge in [-0.1, -0.05) is 44.9 Å². The van der Waals surface area contributed by atoms with E-state index in [0.29, 0.717) is 5.89 Å². The average molecular weight is 311 g/mol. The highest BCUT2D eigenvalue weighted by atomic mass is 16.5. The molecule has 3 nitrogen and oxygen atoms in total. The molecule has 2 aromatic rings. The summed E-state index contributed by atoms with van der Waals surface area (Å²) < 4.78 is 10.8. The quantitative estimate of drug-likeness (QED) is 0.480. The van der Waals surface area contributed by atoms with Crippen LogP contribution in [-0.4, -0.2) is 12.1 Å². The average Bonchev–Trinajstić information content (AvgIpc) is 3.06. The lowest BCUT2D eigenvalue weighted by molar-refractivity contribution is 0.415. The molecule has 0 saturated heterocycles. The molecule has 3 heteroatoms. The molecule has 0 aliphatic carbocycles. The van der Waals surface area contributed by atoms with E-state index in [4.69, 9.17) is 9.15 Å². The third-order valence-electron chi connectivity index (χ3n) is 3.73. The Bertz CT molecular complexity index is 632. The molecule has 0 spiro atoms. The highest BCUT2D eigenvalue weighted by molar-refractivity contribution is 5.57. The number of hydrogen-bond donors (Lipinski definition) is 0. The molecule has 0 bridgehead atoms.